The molecule has 0 spiro atoms. The number of nitrogens with zero attached hydrogens (tertiary/aromatic N) is 3. The van der Waals surface area contributed by atoms with Crippen LogP contribution in [-0.2, 0) is 17.9 Å². The van der Waals surface area contributed by atoms with Crippen molar-refractivity contribution in [3.05, 3.63) is 93.7 Å². The summed E-state index contributed by atoms with van der Waals surface area (Å²) < 4.78 is 7.62. The number of para-hydroxylation sites is 1. The lowest BCUT2D eigenvalue weighted by atomic mass is 10.2. The molecule has 0 aliphatic heterocycles. The van der Waals surface area contributed by atoms with E-state index in [-0.39, 0.29) is 18.0 Å². The first-order valence-electron chi connectivity index (χ1n) is 10.6. The summed E-state index contributed by atoms with van der Waals surface area (Å²) in [4.78, 5) is 34.1. The maximum atomic E-state index is 12.9. The second-order valence-electron chi connectivity index (χ2n) is 7.71. The van der Waals surface area contributed by atoms with Crippen LogP contribution in [0.1, 0.15) is 35.5 Å². The summed E-state index contributed by atoms with van der Waals surface area (Å²) in [6, 6.07) is 13.1. The lowest BCUT2D eigenvalue weighted by molar-refractivity contribution is -0.126. The Morgan fingerprint density at radius 3 is 2.78 bits per heavy atom. The number of likely N-dealkylation sites (N-methyl/N-ethyl adjacent to an activating group) is 1. The number of hydrogen-bond acceptors (Lipinski definition) is 4. The molecular weight excluding hydrogens is 404 g/mol. The van der Waals surface area contributed by atoms with Crippen LogP contribution in [0.25, 0.3) is 17.0 Å². The molecule has 0 aliphatic rings. The monoisotopic (exact) mass is 430 g/mol. The van der Waals surface area contributed by atoms with Gasteiger partial charge in [-0.2, -0.15) is 0 Å². The van der Waals surface area contributed by atoms with Crippen LogP contribution < -0.4 is 5.56 Å². The number of nitrogens with one attached hydrogen (secondary N) is 1. The largest absolute Gasteiger partial charge is 0.467 e. The summed E-state index contributed by atoms with van der Waals surface area (Å²) in [7, 11) is 0. The molecular formula is C25H26N4O3. The molecule has 0 aliphatic carbocycles. The molecule has 32 heavy (non-hydrogen) atoms. The van der Waals surface area contributed by atoms with Crippen molar-refractivity contribution in [2.45, 2.75) is 33.9 Å². The Hall–Kier alpha value is -3.87. The van der Waals surface area contributed by atoms with Crippen LogP contribution in [0.2, 0.25) is 0 Å². The van der Waals surface area contributed by atoms with Gasteiger partial charge in [-0.1, -0.05) is 12.1 Å². The molecule has 4 aromatic rings. The molecule has 3 aromatic heterocycles. The van der Waals surface area contributed by atoms with Gasteiger partial charge in [0.15, 0.2) is 0 Å². The van der Waals surface area contributed by atoms with Gasteiger partial charge in [0, 0.05) is 24.0 Å². The predicted molar refractivity (Wildman–Crippen MR) is 124 cm³/mol. The fourth-order valence-corrected chi connectivity index (χ4v) is 3.80. The molecule has 7 heteroatoms. The molecule has 1 N–H and O–H groups in total. The summed E-state index contributed by atoms with van der Waals surface area (Å²) in [6.07, 6.45) is 5.07. The number of H-pyrrole nitrogens is 1. The minimum absolute atomic E-state index is 0.140. The second kappa shape index (κ2) is 9.09. The lowest BCUT2D eigenvalue weighted by Crippen LogP contribution is -2.30. The molecule has 0 atom stereocenters. The smallest absolute Gasteiger partial charge is 0.258 e. The van der Waals surface area contributed by atoms with Crippen molar-refractivity contribution in [2.75, 3.05) is 6.54 Å². The van der Waals surface area contributed by atoms with Gasteiger partial charge in [0.25, 0.3) is 5.56 Å². The normalized spacial score (nSPS) is 11.5. The quantitative estimate of drug-likeness (QED) is 0.449. The van der Waals surface area contributed by atoms with Gasteiger partial charge < -0.3 is 18.9 Å². The molecule has 1 amide bonds. The Morgan fingerprint density at radius 2 is 2.03 bits per heavy atom. The van der Waals surface area contributed by atoms with Gasteiger partial charge >= 0.3 is 0 Å². The van der Waals surface area contributed by atoms with Crippen molar-refractivity contribution in [1.82, 2.24) is 19.4 Å². The molecule has 0 bridgehead atoms. The number of amides is 1. The van der Waals surface area contributed by atoms with E-state index in [9.17, 15) is 9.59 Å². The van der Waals surface area contributed by atoms with Crippen molar-refractivity contribution in [1.29, 1.82) is 0 Å². The molecule has 0 radical (unpaired) electrons. The molecule has 3 heterocycles. The number of aromatic nitrogens is 3. The third kappa shape index (κ3) is 4.42. The predicted octanol–water partition coefficient (Wildman–Crippen LogP) is 4.04. The zero-order valence-corrected chi connectivity index (χ0v) is 18.5. The van der Waals surface area contributed by atoms with E-state index in [0.717, 1.165) is 22.7 Å². The standard InChI is InChI=1S/C25H26N4O3/c1-4-28(16-23-26-22-10-6-5-9-21(22)25(31)27-23)24(30)12-11-19-14-17(2)29(18(19)3)15-20-8-7-13-32-20/h5-14H,4,15-16H2,1-3H3,(H,26,27,31)/b12-11+. The number of aryl methyl sites for hydroxylation is 1. The van der Waals surface area contributed by atoms with Crippen molar-refractivity contribution in [2.24, 2.45) is 0 Å². The fraction of sp³-hybridized carbons (Fsp3) is 0.240. The zero-order chi connectivity index (χ0) is 22.7. The van der Waals surface area contributed by atoms with E-state index in [2.05, 4.69) is 20.6 Å². The second-order valence-corrected chi connectivity index (χ2v) is 7.71. The van der Waals surface area contributed by atoms with Crippen LogP contribution in [0.5, 0.6) is 0 Å². The molecule has 4 rings (SSSR count). The Morgan fingerprint density at radius 1 is 1.22 bits per heavy atom. The minimum atomic E-state index is -0.200. The maximum absolute atomic E-state index is 12.9. The average molecular weight is 431 g/mol. The van der Waals surface area contributed by atoms with E-state index in [1.807, 2.05) is 45.0 Å². The molecule has 1 aromatic carbocycles. The first-order valence-corrected chi connectivity index (χ1v) is 10.6. The summed E-state index contributed by atoms with van der Waals surface area (Å²) in [5.74, 6) is 1.21. The first-order chi connectivity index (χ1) is 15.5. The van der Waals surface area contributed by atoms with E-state index in [1.165, 1.54) is 0 Å². The number of fused-ring (bicyclic) bond motifs is 1. The van der Waals surface area contributed by atoms with Gasteiger partial charge in [-0.25, -0.2) is 4.98 Å². The molecule has 7 nitrogen and oxygen atoms in total. The topological polar surface area (TPSA) is 84.1 Å². The van der Waals surface area contributed by atoms with Crippen LogP contribution in [0.15, 0.2) is 64.0 Å². The third-order valence-corrected chi connectivity index (χ3v) is 5.61. The summed E-state index contributed by atoms with van der Waals surface area (Å²) in [6.45, 7) is 7.35. The Balaban J connectivity index is 1.51. The van der Waals surface area contributed by atoms with Crippen LogP contribution >= 0.6 is 0 Å². The number of carbonyl (C=O) groups excluding carboxylic acids is 1. The Kier molecular flexibility index (Phi) is 6.07. The SMILES string of the molecule is CCN(Cc1nc2ccccc2c(=O)[nH]1)C(=O)/C=C/c1cc(C)n(Cc2ccco2)c1C. The summed E-state index contributed by atoms with van der Waals surface area (Å²) >= 11 is 0. The molecule has 164 valence electrons. The highest BCUT2D eigenvalue weighted by Crippen LogP contribution is 2.19. The number of carbonyl (C=O) groups is 1. The Labute approximate surface area is 186 Å². The number of benzene rings is 1. The van der Waals surface area contributed by atoms with Crippen LogP contribution in [-0.4, -0.2) is 31.9 Å². The number of aromatic amines is 1. The Bertz CT molecular complexity index is 1330. The number of hydrogen-bond donors (Lipinski definition) is 1. The van der Waals surface area contributed by atoms with Crippen LogP contribution in [0.3, 0.4) is 0 Å². The molecule has 0 fully saturated rings. The first kappa shape index (κ1) is 21.4. The van der Waals surface area contributed by atoms with Crippen molar-refractivity contribution in [3.8, 4) is 0 Å². The summed E-state index contributed by atoms with van der Waals surface area (Å²) in [5.41, 5.74) is 3.56. The van der Waals surface area contributed by atoms with E-state index in [4.69, 9.17) is 4.42 Å². The van der Waals surface area contributed by atoms with E-state index in [0.29, 0.717) is 29.8 Å². The molecule has 0 unspecified atom stereocenters. The van der Waals surface area contributed by atoms with E-state index in [1.54, 1.807) is 35.4 Å². The molecule has 0 saturated carbocycles. The van der Waals surface area contributed by atoms with Gasteiger partial charge in [-0.05, 0) is 62.7 Å². The highest BCUT2D eigenvalue weighted by molar-refractivity contribution is 5.92. The number of rotatable bonds is 7. The maximum Gasteiger partial charge on any atom is 0.258 e. The van der Waals surface area contributed by atoms with Crippen LogP contribution in [0.4, 0.5) is 0 Å². The zero-order valence-electron chi connectivity index (χ0n) is 18.5. The van der Waals surface area contributed by atoms with Crippen molar-refractivity contribution < 1.29 is 9.21 Å². The number of furan rings is 1. The van der Waals surface area contributed by atoms with Crippen molar-refractivity contribution >= 4 is 22.9 Å². The van der Waals surface area contributed by atoms with Gasteiger partial charge in [-0.3, -0.25) is 9.59 Å². The van der Waals surface area contributed by atoms with Gasteiger partial charge in [0.2, 0.25) is 5.91 Å². The molecule has 0 saturated heterocycles. The van der Waals surface area contributed by atoms with Gasteiger partial charge in [0.1, 0.15) is 11.6 Å². The van der Waals surface area contributed by atoms with Crippen LogP contribution in [0, 0.1) is 13.8 Å². The van der Waals surface area contributed by atoms with Gasteiger partial charge in [-0.15, -0.1) is 0 Å². The fourth-order valence-electron chi connectivity index (χ4n) is 3.80. The van der Waals surface area contributed by atoms with Crippen molar-refractivity contribution in [3.63, 3.8) is 0 Å². The highest BCUT2D eigenvalue weighted by atomic mass is 16.3. The average Bonchev–Trinajstić information content (AvgIpc) is 3.39. The third-order valence-electron chi connectivity index (χ3n) is 5.61. The van der Waals surface area contributed by atoms with E-state index < -0.39 is 0 Å². The summed E-state index contributed by atoms with van der Waals surface area (Å²) in [5, 5.41) is 0.537. The van der Waals surface area contributed by atoms with Gasteiger partial charge in [0.05, 0.1) is 30.3 Å². The minimum Gasteiger partial charge on any atom is -0.467 e. The lowest BCUT2D eigenvalue weighted by Gasteiger charge is -2.18. The highest BCUT2D eigenvalue weighted by Gasteiger charge is 2.13. The van der Waals surface area contributed by atoms with E-state index >= 15 is 0 Å².